The van der Waals surface area contributed by atoms with Gasteiger partial charge in [-0.3, -0.25) is 13.9 Å². The summed E-state index contributed by atoms with van der Waals surface area (Å²) in [5.41, 5.74) is 0.937. The van der Waals surface area contributed by atoms with Gasteiger partial charge < -0.3 is 4.98 Å². The fourth-order valence-corrected chi connectivity index (χ4v) is 4.43. The first-order chi connectivity index (χ1) is 15.5. The first kappa shape index (κ1) is 20.2. The molecule has 0 spiro atoms. The number of aromatic amines is 1. The molecule has 0 bridgehead atoms. The van der Waals surface area contributed by atoms with Gasteiger partial charge in [0, 0.05) is 0 Å². The second-order valence-corrected chi connectivity index (χ2v) is 8.24. The number of H-pyrrole nitrogens is 1. The highest BCUT2D eigenvalue weighted by atomic mass is 79.9. The lowest BCUT2D eigenvalue weighted by molar-refractivity contribution is 0.617. The second-order valence-electron chi connectivity index (χ2n) is 6.96. The number of rotatable bonds is 4. The van der Waals surface area contributed by atoms with Crippen LogP contribution in [0.5, 0.6) is 0 Å². The summed E-state index contributed by atoms with van der Waals surface area (Å²) in [6.07, 6.45) is 0. The number of imidazole rings is 1. The molecule has 0 aliphatic carbocycles. The lowest BCUT2D eigenvalue weighted by Gasteiger charge is -2.12. The molecule has 5 aromatic rings. The van der Waals surface area contributed by atoms with Gasteiger partial charge in [-0.25, -0.2) is 14.2 Å². The van der Waals surface area contributed by atoms with E-state index in [9.17, 15) is 19.2 Å². The summed E-state index contributed by atoms with van der Waals surface area (Å²) in [4.78, 5) is 33.5. The van der Waals surface area contributed by atoms with Gasteiger partial charge in [0.05, 0.1) is 36.5 Å². The molecule has 5 rings (SSSR count). The van der Waals surface area contributed by atoms with Gasteiger partial charge in [0.2, 0.25) is 0 Å². The fraction of sp³-hybridized carbons (Fsp3) is 0.100. The van der Waals surface area contributed by atoms with E-state index in [1.54, 1.807) is 30.3 Å². The predicted octanol–water partition coefficient (Wildman–Crippen LogP) is 2.76. The number of halogens is 2. The highest BCUT2D eigenvalue weighted by Crippen LogP contribution is 2.19. The Labute approximate surface area is 190 Å². The zero-order chi connectivity index (χ0) is 22.4. The number of nitriles is 1. The molecule has 32 heavy (non-hydrogen) atoms. The van der Waals surface area contributed by atoms with Gasteiger partial charge in [0.25, 0.3) is 5.56 Å². The van der Waals surface area contributed by atoms with Crippen molar-refractivity contribution in [2.24, 2.45) is 0 Å². The molecule has 0 atom stereocenters. The molecule has 0 aliphatic heterocycles. The topological polar surface area (TPSA) is 122 Å². The van der Waals surface area contributed by atoms with Crippen molar-refractivity contribution < 1.29 is 4.39 Å². The van der Waals surface area contributed by atoms with Gasteiger partial charge >= 0.3 is 5.69 Å². The lowest BCUT2D eigenvalue weighted by Crippen LogP contribution is -2.40. The van der Waals surface area contributed by atoms with Crippen LogP contribution in [0.1, 0.15) is 16.7 Å². The average Bonchev–Trinajstić information content (AvgIpc) is 3.41. The Kier molecular flexibility index (Phi) is 4.91. The Hall–Kier alpha value is -3.69. The van der Waals surface area contributed by atoms with E-state index in [1.807, 2.05) is 0 Å². The number of hydrogen-bond donors (Lipinski definition) is 1. The van der Waals surface area contributed by atoms with Crippen LogP contribution in [-0.2, 0) is 13.1 Å². The van der Waals surface area contributed by atoms with Crippen LogP contribution in [0.15, 0.2) is 50.7 Å². The summed E-state index contributed by atoms with van der Waals surface area (Å²) in [6, 6.07) is 11.8. The summed E-state index contributed by atoms with van der Waals surface area (Å²) in [6.45, 7) is -0.144. The molecule has 12 heteroatoms. The van der Waals surface area contributed by atoms with E-state index in [0.29, 0.717) is 22.2 Å². The monoisotopic (exact) mass is 511 g/mol. The van der Waals surface area contributed by atoms with Gasteiger partial charge in [-0.1, -0.05) is 18.2 Å². The van der Waals surface area contributed by atoms with E-state index in [4.69, 9.17) is 0 Å². The molecule has 0 unspecified atom stereocenters. The van der Waals surface area contributed by atoms with E-state index in [1.165, 1.54) is 10.6 Å². The van der Waals surface area contributed by atoms with Crippen molar-refractivity contribution >= 4 is 49.9 Å². The molecule has 2 aromatic carbocycles. The maximum absolute atomic E-state index is 14.4. The molecule has 1 N–H and O–H groups in total. The third-order valence-electron chi connectivity index (χ3n) is 5.01. The standard InChI is InChI=1S/C20H11BrFN7O2S/c21-19-24-16-17(25-19)28(9-12-4-2-1-3-11(12)7-23)20(31)29(18(16)30)8-10-5-13(22)15-14(6-10)26-32-27-15/h1-6H,8-9H2,(H,24,25). The van der Waals surface area contributed by atoms with E-state index < -0.39 is 17.1 Å². The molecule has 158 valence electrons. The van der Waals surface area contributed by atoms with Crippen molar-refractivity contribution in [2.45, 2.75) is 13.1 Å². The molecule has 3 heterocycles. The first-order valence-corrected chi connectivity index (χ1v) is 10.8. The third-order valence-corrected chi connectivity index (χ3v) is 5.93. The van der Waals surface area contributed by atoms with Crippen LogP contribution in [0.3, 0.4) is 0 Å². The summed E-state index contributed by atoms with van der Waals surface area (Å²) in [5.74, 6) is -0.576. The van der Waals surface area contributed by atoms with Gasteiger partial charge in [-0.05, 0) is 45.3 Å². The lowest BCUT2D eigenvalue weighted by atomic mass is 10.1. The highest BCUT2D eigenvalue weighted by Gasteiger charge is 2.19. The molecule has 3 aromatic heterocycles. The Bertz CT molecular complexity index is 1680. The SMILES string of the molecule is N#Cc1ccccc1Cn1c(=O)n(Cc2cc(F)c3nsnc3c2)c(=O)c2[nH]c(Br)nc21. The van der Waals surface area contributed by atoms with Crippen LogP contribution in [0.4, 0.5) is 4.39 Å². The van der Waals surface area contributed by atoms with Crippen LogP contribution in [0.25, 0.3) is 22.2 Å². The summed E-state index contributed by atoms with van der Waals surface area (Å²) >= 11 is 4.09. The van der Waals surface area contributed by atoms with Crippen LogP contribution < -0.4 is 11.2 Å². The zero-order valence-corrected chi connectivity index (χ0v) is 18.4. The predicted molar refractivity (Wildman–Crippen MR) is 119 cm³/mol. The number of benzene rings is 2. The molecule has 0 amide bonds. The number of nitrogens with one attached hydrogen (secondary N) is 1. The minimum atomic E-state index is -0.633. The number of nitrogens with zero attached hydrogens (tertiary/aromatic N) is 6. The summed E-state index contributed by atoms with van der Waals surface area (Å²) < 4.78 is 24.9. The van der Waals surface area contributed by atoms with Crippen LogP contribution in [-0.4, -0.2) is 27.8 Å². The fourth-order valence-electron chi connectivity index (χ4n) is 3.54. The molecule has 9 nitrogen and oxygen atoms in total. The van der Waals surface area contributed by atoms with Crippen molar-refractivity contribution in [2.75, 3.05) is 0 Å². The van der Waals surface area contributed by atoms with Crippen molar-refractivity contribution in [1.29, 1.82) is 5.26 Å². The maximum Gasteiger partial charge on any atom is 0.333 e. The van der Waals surface area contributed by atoms with Crippen LogP contribution in [0, 0.1) is 17.1 Å². The van der Waals surface area contributed by atoms with Crippen molar-refractivity contribution in [3.8, 4) is 6.07 Å². The van der Waals surface area contributed by atoms with Crippen molar-refractivity contribution in [3.63, 3.8) is 0 Å². The molecule has 0 aliphatic rings. The Balaban J connectivity index is 1.70. The van der Waals surface area contributed by atoms with Crippen LogP contribution in [0.2, 0.25) is 0 Å². The largest absolute Gasteiger partial charge is 0.333 e. The van der Waals surface area contributed by atoms with Gasteiger partial charge in [0.1, 0.15) is 11.0 Å². The van der Waals surface area contributed by atoms with Gasteiger partial charge in [-0.2, -0.15) is 14.0 Å². The molecule has 0 saturated heterocycles. The zero-order valence-electron chi connectivity index (χ0n) is 16.0. The highest BCUT2D eigenvalue weighted by molar-refractivity contribution is 9.10. The molecular formula is C20H11BrFN7O2S. The summed E-state index contributed by atoms with van der Waals surface area (Å²) in [5, 5.41) is 9.40. The third kappa shape index (κ3) is 3.31. The average molecular weight is 512 g/mol. The summed E-state index contributed by atoms with van der Waals surface area (Å²) in [7, 11) is 0. The molecular weight excluding hydrogens is 501 g/mol. The Morgan fingerprint density at radius 2 is 1.97 bits per heavy atom. The number of hydrogen-bond acceptors (Lipinski definition) is 7. The molecule has 0 radical (unpaired) electrons. The van der Waals surface area contributed by atoms with Crippen molar-refractivity contribution in [1.82, 2.24) is 27.8 Å². The number of aromatic nitrogens is 6. The van der Waals surface area contributed by atoms with E-state index in [-0.39, 0.29) is 34.5 Å². The first-order valence-electron chi connectivity index (χ1n) is 9.24. The minimum absolute atomic E-state index is 0.0278. The second kappa shape index (κ2) is 7.77. The van der Waals surface area contributed by atoms with E-state index in [0.717, 1.165) is 16.3 Å². The maximum atomic E-state index is 14.4. The number of fused-ring (bicyclic) bond motifs is 2. The Morgan fingerprint density at radius 3 is 2.78 bits per heavy atom. The normalized spacial score (nSPS) is 11.3. The van der Waals surface area contributed by atoms with Gasteiger partial charge in [-0.15, -0.1) is 0 Å². The van der Waals surface area contributed by atoms with Crippen molar-refractivity contribution in [3.05, 3.63) is 84.5 Å². The Morgan fingerprint density at radius 1 is 1.16 bits per heavy atom. The minimum Gasteiger partial charge on any atom is -0.327 e. The van der Waals surface area contributed by atoms with E-state index >= 15 is 0 Å². The van der Waals surface area contributed by atoms with Crippen LogP contribution >= 0.6 is 27.7 Å². The molecule has 0 saturated carbocycles. The van der Waals surface area contributed by atoms with E-state index in [2.05, 4.69) is 40.7 Å². The molecule has 0 fully saturated rings. The van der Waals surface area contributed by atoms with Gasteiger partial charge in [0.15, 0.2) is 21.7 Å². The smallest absolute Gasteiger partial charge is 0.327 e. The quantitative estimate of drug-likeness (QED) is 0.370.